The number of carbonyl (C=O) groups excluding carboxylic acids is 3. The summed E-state index contributed by atoms with van der Waals surface area (Å²) in [5.41, 5.74) is 1.08. The van der Waals surface area contributed by atoms with Crippen LogP contribution in [-0.2, 0) is 4.74 Å². The quantitative estimate of drug-likeness (QED) is 0.413. The number of rotatable bonds is 7. The molecule has 0 N–H and O–H groups in total. The molecule has 1 fully saturated rings. The Labute approximate surface area is 154 Å². The van der Waals surface area contributed by atoms with Crippen molar-refractivity contribution in [3.8, 4) is 0 Å². The molecule has 5 heteroatoms. The molecule has 0 bridgehead atoms. The summed E-state index contributed by atoms with van der Waals surface area (Å²) in [6.45, 7) is 2.52. The lowest BCUT2D eigenvalue weighted by molar-refractivity contribution is 0.0496. The molecule has 0 atom stereocenters. The van der Waals surface area contributed by atoms with E-state index < -0.39 is 5.97 Å². The van der Waals surface area contributed by atoms with E-state index >= 15 is 0 Å². The number of esters is 1. The molecule has 0 aromatic heterocycles. The Hall–Kier alpha value is -2.17. The largest absolute Gasteiger partial charge is 0.462 e. The summed E-state index contributed by atoms with van der Waals surface area (Å²) in [6, 6.07) is 4.69. The summed E-state index contributed by atoms with van der Waals surface area (Å²) >= 11 is 0. The maximum absolute atomic E-state index is 12.8. The molecule has 26 heavy (non-hydrogen) atoms. The third-order valence-electron chi connectivity index (χ3n) is 5.32. The van der Waals surface area contributed by atoms with Crippen molar-refractivity contribution in [1.29, 1.82) is 0 Å². The summed E-state index contributed by atoms with van der Waals surface area (Å²) in [4.78, 5) is 39.0. The fourth-order valence-corrected chi connectivity index (χ4v) is 3.83. The topological polar surface area (TPSA) is 63.7 Å². The van der Waals surface area contributed by atoms with E-state index in [1.807, 2.05) is 0 Å². The van der Waals surface area contributed by atoms with Gasteiger partial charge in [0, 0.05) is 6.04 Å². The van der Waals surface area contributed by atoms with Crippen molar-refractivity contribution in [2.75, 3.05) is 6.61 Å². The molecule has 1 aromatic rings. The SMILES string of the molecule is CCCCCCOC(=O)c1ccc2c(c1)C(=O)N(C1CCCCC1)C2=O. The van der Waals surface area contributed by atoms with Crippen molar-refractivity contribution in [2.45, 2.75) is 70.8 Å². The number of imide groups is 1. The van der Waals surface area contributed by atoms with Crippen LogP contribution in [0.25, 0.3) is 0 Å². The van der Waals surface area contributed by atoms with E-state index in [2.05, 4.69) is 6.92 Å². The minimum absolute atomic E-state index is 0.00915. The number of hydrogen-bond donors (Lipinski definition) is 0. The van der Waals surface area contributed by atoms with Crippen LogP contribution in [0, 0.1) is 0 Å². The molecule has 140 valence electrons. The first kappa shape index (κ1) is 18.6. The summed E-state index contributed by atoms with van der Waals surface area (Å²) in [7, 11) is 0. The molecule has 2 aliphatic rings. The molecule has 0 unspecified atom stereocenters. The van der Waals surface area contributed by atoms with Crippen molar-refractivity contribution in [3.05, 3.63) is 34.9 Å². The Kier molecular flexibility index (Phi) is 6.07. The highest BCUT2D eigenvalue weighted by molar-refractivity contribution is 6.22. The van der Waals surface area contributed by atoms with E-state index in [1.54, 1.807) is 12.1 Å². The highest BCUT2D eigenvalue weighted by Gasteiger charge is 2.40. The predicted octanol–water partition coefficient (Wildman–Crippen LogP) is 4.35. The van der Waals surface area contributed by atoms with Gasteiger partial charge in [0.25, 0.3) is 11.8 Å². The van der Waals surface area contributed by atoms with E-state index in [9.17, 15) is 14.4 Å². The Bertz CT molecular complexity index is 691. The number of nitrogens with zero attached hydrogens (tertiary/aromatic N) is 1. The highest BCUT2D eigenvalue weighted by atomic mass is 16.5. The van der Waals surface area contributed by atoms with Gasteiger partial charge in [-0.1, -0.05) is 45.4 Å². The molecule has 0 spiro atoms. The fraction of sp³-hybridized carbons (Fsp3) is 0.571. The summed E-state index contributed by atoms with van der Waals surface area (Å²) in [5.74, 6) is -0.924. The zero-order chi connectivity index (χ0) is 18.5. The molecule has 1 aliphatic carbocycles. The molecule has 0 radical (unpaired) electrons. The summed E-state index contributed by atoms with van der Waals surface area (Å²) in [5, 5.41) is 0. The lowest BCUT2D eigenvalue weighted by Crippen LogP contribution is -2.40. The average molecular weight is 357 g/mol. The number of unbranched alkanes of at least 4 members (excludes halogenated alkanes) is 3. The van der Waals surface area contributed by atoms with Gasteiger partial charge in [-0.3, -0.25) is 14.5 Å². The second kappa shape index (κ2) is 8.47. The van der Waals surface area contributed by atoms with Gasteiger partial charge >= 0.3 is 5.97 Å². The number of amides is 2. The molecular formula is C21H27NO4. The van der Waals surface area contributed by atoms with Crippen molar-refractivity contribution in [1.82, 2.24) is 4.90 Å². The third-order valence-corrected chi connectivity index (χ3v) is 5.32. The molecule has 1 heterocycles. The van der Waals surface area contributed by atoms with Crippen LogP contribution in [-0.4, -0.2) is 35.3 Å². The van der Waals surface area contributed by atoms with Crippen LogP contribution in [0.4, 0.5) is 0 Å². The van der Waals surface area contributed by atoms with Crippen LogP contribution in [0.1, 0.15) is 95.8 Å². The van der Waals surface area contributed by atoms with E-state index in [0.29, 0.717) is 23.3 Å². The van der Waals surface area contributed by atoms with Crippen LogP contribution < -0.4 is 0 Å². The Morgan fingerprint density at radius 2 is 1.77 bits per heavy atom. The van der Waals surface area contributed by atoms with Crippen LogP contribution in [0.5, 0.6) is 0 Å². The zero-order valence-corrected chi connectivity index (χ0v) is 15.5. The number of carbonyl (C=O) groups is 3. The molecule has 2 amide bonds. The zero-order valence-electron chi connectivity index (χ0n) is 15.5. The highest BCUT2D eigenvalue weighted by Crippen LogP contribution is 2.31. The monoisotopic (exact) mass is 357 g/mol. The normalized spacial score (nSPS) is 17.5. The van der Waals surface area contributed by atoms with Gasteiger partial charge in [0.15, 0.2) is 0 Å². The van der Waals surface area contributed by atoms with Gasteiger partial charge < -0.3 is 4.74 Å². The minimum atomic E-state index is -0.430. The van der Waals surface area contributed by atoms with E-state index in [4.69, 9.17) is 4.74 Å². The third kappa shape index (κ3) is 3.81. The fourth-order valence-electron chi connectivity index (χ4n) is 3.83. The standard InChI is InChI=1S/C21H27NO4/c1-2-3-4-8-13-26-21(25)15-11-12-17-18(14-15)20(24)22(19(17)23)16-9-6-5-7-10-16/h11-12,14,16H,2-10,13H2,1H3. The van der Waals surface area contributed by atoms with E-state index in [-0.39, 0.29) is 17.9 Å². The van der Waals surface area contributed by atoms with Crippen molar-refractivity contribution in [2.24, 2.45) is 0 Å². The molecular weight excluding hydrogens is 330 g/mol. The number of ether oxygens (including phenoxy) is 1. The predicted molar refractivity (Wildman–Crippen MR) is 98.2 cm³/mol. The maximum Gasteiger partial charge on any atom is 0.338 e. The van der Waals surface area contributed by atoms with Crippen molar-refractivity contribution >= 4 is 17.8 Å². The molecule has 3 rings (SSSR count). The number of hydrogen-bond acceptors (Lipinski definition) is 4. The molecule has 1 saturated carbocycles. The lowest BCUT2D eigenvalue weighted by Gasteiger charge is -2.29. The van der Waals surface area contributed by atoms with Gasteiger partial charge in [0.05, 0.1) is 23.3 Å². The first-order chi connectivity index (χ1) is 12.6. The van der Waals surface area contributed by atoms with Gasteiger partial charge in [-0.15, -0.1) is 0 Å². The number of fused-ring (bicyclic) bond motifs is 1. The lowest BCUT2D eigenvalue weighted by atomic mass is 9.94. The summed E-state index contributed by atoms with van der Waals surface area (Å²) < 4.78 is 5.29. The minimum Gasteiger partial charge on any atom is -0.462 e. The maximum atomic E-state index is 12.8. The van der Waals surface area contributed by atoms with Crippen LogP contribution >= 0.6 is 0 Å². The van der Waals surface area contributed by atoms with E-state index in [1.165, 1.54) is 11.0 Å². The van der Waals surface area contributed by atoms with E-state index in [0.717, 1.165) is 57.8 Å². The summed E-state index contributed by atoms with van der Waals surface area (Å²) in [6.07, 6.45) is 9.15. The first-order valence-electron chi connectivity index (χ1n) is 9.82. The molecule has 5 nitrogen and oxygen atoms in total. The first-order valence-corrected chi connectivity index (χ1v) is 9.82. The Morgan fingerprint density at radius 1 is 1.04 bits per heavy atom. The van der Waals surface area contributed by atoms with Gasteiger partial charge in [-0.25, -0.2) is 4.79 Å². The Morgan fingerprint density at radius 3 is 2.50 bits per heavy atom. The van der Waals surface area contributed by atoms with Gasteiger partial charge in [-0.05, 0) is 37.5 Å². The molecule has 1 aliphatic heterocycles. The second-order valence-electron chi connectivity index (χ2n) is 7.23. The Balaban J connectivity index is 1.68. The van der Waals surface area contributed by atoms with Gasteiger partial charge in [0.2, 0.25) is 0 Å². The van der Waals surface area contributed by atoms with Crippen LogP contribution in [0.2, 0.25) is 0 Å². The van der Waals surface area contributed by atoms with Crippen molar-refractivity contribution in [3.63, 3.8) is 0 Å². The van der Waals surface area contributed by atoms with Crippen LogP contribution in [0.15, 0.2) is 18.2 Å². The van der Waals surface area contributed by atoms with Gasteiger partial charge in [0.1, 0.15) is 0 Å². The smallest absolute Gasteiger partial charge is 0.338 e. The number of benzene rings is 1. The molecule has 0 saturated heterocycles. The van der Waals surface area contributed by atoms with Gasteiger partial charge in [-0.2, -0.15) is 0 Å². The average Bonchev–Trinajstić information content (AvgIpc) is 2.92. The van der Waals surface area contributed by atoms with Crippen molar-refractivity contribution < 1.29 is 19.1 Å². The molecule has 1 aromatic carbocycles. The van der Waals surface area contributed by atoms with Crippen LogP contribution in [0.3, 0.4) is 0 Å². The second-order valence-corrected chi connectivity index (χ2v) is 7.23.